The van der Waals surface area contributed by atoms with Crippen LogP contribution in [0.15, 0.2) is 12.1 Å². The molecule has 140 valence electrons. The molecule has 3 atom stereocenters. The van der Waals surface area contributed by atoms with E-state index in [9.17, 15) is 18.8 Å². The Morgan fingerprint density at radius 3 is 2.88 bits per heavy atom. The number of nitrogens with zero attached hydrogens (tertiary/aromatic N) is 1. The van der Waals surface area contributed by atoms with Gasteiger partial charge in [-0.15, -0.1) is 0 Å². The summed E-state index contributed by atoms with van der Waals surface area (Å²) in [6, 6.07) is 1.87. The lowest BCUT2D eigenvalue weighted by molar-refractivity contribution is -0.123. The highest BCUT2D eigenvalue weighted by Crippen LogP contribution is 2.25. The Kier molecular flexibility index (Phi) is 5.34. The van der Waals surface area contributed by atoms with Gasteiger partial charge < -0.3 is 21.3 Å². The number of rotatable bonds is 5. The van der Waals surface area contributed by atoms with Gasteiger partial charge in [0, 0.05) is 24.8 Å². The van der Waals surface area contributed by atoms with E-state index in [1.807, 2.05) is 0 Å². The summed E-state index contributed by atoms with van der Waals surface area (Å²) in [5, 5.41) is 10.7. The Morgan fingerprint density at radius 1 is 1.35 bits per heavy atom. The molecule has 9 heteroatoms. The molecule has 0 radical (unpaired) electrons. The van der Waals surface area contributed by atoms with Gasteiger partial charge >= 0.3 is 6.03 Å². The number of carbonyl (C=O) groups is 3. The van der Waals surface area contributed by atoms with Crippen molar-refractivity contribution < 1.29 is 18.8 Å². The number of aromatic nitrogens is 1. The predicted octanol–water partition coefficient (Wildman–Crippen LogP) is 0.225. The first-order valence-corrected chi connectivity index (χ1v) is 8.68. The van der Waals surface area contributed by atoms with E-state index in [1.54, 1.807) is 6.92 Å². The fourth-order valence-electron chi connectivity index (χ4n) is 3.33. The summed E-state index contributed by atoms with van der Waals surface area (Å²) in [6.07, 6.45) is 2.38. The van der Waals surface area contributed by atoms with Crippen LogP contribution < -0.4 is 21.3 Å². The number of hydrogen-bond acceptors (Lipinski definition) is 4. The standard InChI is InChI=1S/C17H22FN5O3/c1-9-2-5-12(18)14(21-9)16(25)19-7-10-3-4-11(6-10)22-15(24)13-8-20-17(26)23-13/h2,5,10-11,13H,3-4,6-8H2,1H3,(H,19,25)(H,22,24)(H2,20,23,26)/t10-,11+,13+/m0/s1. The van der Waals surface area contributed by atoms with Crippen molar-refractivity contribution in [2.75, 3.05) is 13.1 Å². The minimum Gasteiger partial charge on any atom is -0.352 e. The quantitative estimate of drug-likeness (QED) is 0.600. The predicted molar refractivity (Wildman–Crippen MR) is 90.9 cm³/mol. The summed E-state index contributed by atoms with van der Waals surface area (Å²) in [5.41, 5.74) is 0.381. The topological polar surface area (TPSA) is 112 Å². The molecule has 0 spiro atoms. The molecule has 4 N–H and O–H groups in total. The maximum Gasteiger partial charge on any atom is 0.315 e. The van der Waals surface area contributed by atoms with Crippen molar-refractivity contribution in [3.8, 4) is 0 Å². The first-order valence-electron chi connectivity index (χ1n) is 8.68. The number of urea groups is 1. The molecule has 2 aliphatic rings. The van der Waals surface area contributed by atoms with Crippen molar-refractivity contribution in [1.82, 2.24) is 26.3 Å². The fraction of sp³-hybridized carbons (Fsp3) is 0.529. The summed E-state index contributed by atoms with van der Waals surface area (Å²) >= 11 is 0. The van der Waals surface area contributed by atoms with Gasteiger partial charge in [-0.3, -0.25) is 9.59 Å². The molecular formula is C17H22FN5O3. The summed E-state index contributed by atoms with van der Waals surface area (Å²) in [7, 11) is 0. The Labute approximate surface area is 150 Å². The van der Waals surface area contributed by atoms with Gasteiger partial charge in [-0.2, -0.15) is 0 Å². The highest BCUT2D eigenvalue weighted by molar-refractivity contribution is 5.92. The van der Waals surface area contributed by atoms with Crippen LogP contribution in [0.5, 0.6) is 0 Å². The molecular weight excluding hydrogens is 341 g/mol. The maximum atomic E-state index is 13.7. The summed E-state index contributed by atoms with van der Waals surface area (Å²) in [4.78, 5) is 39.2. The van der Waals surface area contributed by atoms with Gasteiger partial charge in [0.05, 0.1) is 0 Å². The van der Waals surface area contributed by atoms with E-state index in [0.29, 0.717) is 12.2 Å². The monoisotopic (exact) mass is 363 g/mol. The molecule has 4 amide bonds. The maximum absolute atomic E-state index is 13.7. The lowest BCUT2D eigenvalue weighted by Crippen LogP contribution is -2.46. The molecule has 0 aromatic carbocycles. The van der Waals surface area contributed by atoms with E-state index >= 15 is 0 Å². The van der Waals surface area contributed by atoms with E-state index < -0.39 is 17.8 Å². The fourth-order valence-corrected chi connectivity index (χ4v) is 3.33. The molecule has 3 rings (SSSR count). The average Bonchev–Trinajstić information content (AvgIpc) is 3.24. The number of nitrogens with one attached hydrogen (secondary N) is 4. The van der Waals surface area contributed by atoms with E-state index in [2.05, 4.69) is 26.3 Å². The van der Waals surface area contributed by atoms with Crippen LogP contribution in [0.3, 0.4) is 0 Å². The van der Waals surface area contributed by atoms with E-state index in [4.69, 9.17) is 0 Å². The summed E-state index contributed by atoms with van der Waals surface area (Å²) in [5.74, 6) is -1.17. The van der Waals surface area contributed by atoms with Crippen molar-refractivity contribution in [1.29, 1.82) is 0 Å². The van der Waals surface area contributed by atoms with Crippen LogP contribution in [0.4, 0.5) is 9.18 Å². The lowest BCUT2D eigenvalue weighted by atomic mass is 10.1. The first-order chi connectivity index (χ1) is 12.4. The zero-order valence-corrected chi connectivity index (χ0v) is 14.5. The molecule has 0 bridgehead atoms. The van der Waals surface area contributed by atoms with Crippen molar-refractivity contribution in [3.05, 3.63) is 29.3 Å². The SMILES string of the molecule is Cc1ccc(F)c(C(=O)NC[C@H]2CC[C@@H](NC(=O)[C@H]3CNC(=O)N3)C2)n1. The lowest BCUT2D eigenvalue weighted by Gasteiger charge is -2.16. The van der Waals surface area contributed by atoms with Crippen molar-refractivity contribution in [3.63, 3.8) is 0 Å². The molecule has 8 nitrogen and oxygen atoms in total. The van der Waals surface area contributed by atoms with Gasteiger partial charge in [0.15, 0.2) is 11.5 Å². The zero-order chi connectivity index (χ0) is 18.7. The van der Waals surface area contributed by atoms with Crippen LogP contribution in [-0.2, 0) is 4.79 Å². The molecule has 1 aromatic rings. The largest absolute Gasteiger partial charge is 0.352 e. The van der Waals surface area contributed by atoms with Crippen LogP contribution >= 0.6 is 0 Å². The van der Waals surface area contributed by atoms with Gasteiger partial charge in [0.1, 0.15) is 6.04 Å². The van der Waals surface area contributed by atoms with Gasteiger partial charge in [-0.25, -0.2) is 14.2 Å². The number of hydrogen-bond donors (Lipinski definition) is 4. The third-order valence-electron chi connectivity index (χ3n) is 4.73. The third kappa shape index (κ3) is 4.27. The number of carbonyl (C=O) groups excluding carboxylic acids is 3. The average molecular weight is 363 g/mol. The van der Waals surface area contributed by atoms with Crippen molar-refractivity contribution in [2.24, 2.45) is 5.92 Å². The molecule has 1 saturated heterocycles. The number of aryl methyl sites for hydroxylation is 1. The Bertz CT molecular complexity index is 726. The van der Waals surface area contributed by atoms with Gasteiger partial charge in [0.2, 0.25) is 5.91 Å². The first kappa shape index (κ1) is 18.1. The normalized spacial score (nSPS) is 24.7. The molecule has 1 aliphatic carbocycles. The zero-order valence-electron chi connectivity index (χ0n) is 14.5. The van der Waals surface area contributed by atoms with Gasteiger partial charge in [0.25, 0.3) is 5.91 Å². The van der Waals surface area contributed by atoms with Crippen LogP contribution in [0.1, 0.15) is 35.4 Å². The van der Waals surface area contributed by atoms with Gasteiger partial charge in [-0.05, 0) is 44.2 Å². The Hall–Kier alpha value is -2.71. The summed E-state index contributed by atoms with van der Waals surface area (Å²) in [6.45, 7) is 2.39. The van der Waals surface area contributed by atoms with E-state index in [1.165, 1.54) is 12.1 Å². The highest BCUT2D eigenvalue weighted by atomic mass is 19.1. The number of halogens is 1. The van der Waals surface area contributed by atoms with E-state index in [0.717, 1.165) is 19.3 Å². The molecule has 2 heterocycles. The number of amides is 4. The second-order valence-corrected chi connectivity index (χ2v) is 6.78. The molecule has 1 saturated carbocycles. The van der Waals surface area contributed by atoms with Crippen LogP contribution in [0.2, 0.25) is 0 Å². The second-order valence-electron chi connectivity index (χ2n) is 6.78. The summed E-state index contributed by atoms with van der Waals surface area (Å²) < 4.78 is 13.7. The minimum atomic E-state index is -0.642. The van der Waals surface area contributed by atoms with E-state index in [-0.39, 0.29) is 36.1 Å². The minimum absolute atomic E-state index is 0.00994. The highest BCUT2D eigenvalue weighted by Gasteiger charge is 2.31. The second kappa shape index (κ2) is 7.67. The van der Waals surface area contributed by atoms with Crippen LogP contribution in [0.25, 0.3) is 0 Å². The Morgan fingerprint density at radius 2 is 2.15 bits per heavy atom. The number of pyridine rings is 1. The molecule has 2 fully saturated rings. The molecule has 1 aliphatic heterocycles. The van der Waals surface area contributed by atoms with Gasteiger partial charge in [-0.1, -0.05) is 0 Å². The van der Waals surface area contributed by atoms with Crippen molar-refractivity contribution in [2.45, 2.75) is 38.3 Å². The van der Waals surface area contributed by atoms with Crippen LogP contribution in [0, 0.1) is 18.7 Å². The van der Waals surface area contributed by atoms with Crippen molar-refractivity contribution >= 4 is 17.8 Å². The van der Waals surface area contributed by atoms with Crippen LogP contribution in [-0.4, -0.2) is 48.0 Å². The molecule has 1 aromatic heterocycles. The molecule has 0 unspecified atom stereocenters. The molecule has 26 heavy (non-hydrogen) atoms. The smallest absolute Gasteiger partial charge is 0.315 e. The Balaban J connectivity index is 1.44. The third-order valence-corrected chi connectivity index (χ3v) is 4.73.